The molecule has 0 atom stereocenters. The van der Waals surface area contributed by atoms with Crippen LogP contribution in [0, 0.1) is 0 Å². The first-order chi connectivity index (χ1) is 16.3. The number of hydrogen-bond donors (Lipinski definition) is 1. The van der Waals surface area contributed by atoms with Crippen LogP contribution in [0.3, 0.4) is 0 Å². The van der Waals surface area contributed by atoms with E-state index in [9.17, 15) is 13.2 Å². The molecule has 1 N–H and O–H groups in total. The third kappa shape index (κ3) is 4.82. The molecule has 0 spiro atoms. The summed E-state index contributed by atoms with van der Waals surface area (Å²) in [4.78, 5) is 13.1. The number of benzene rings is 3. The highest BCUT2D eigenvalue weighted by Crippen LogP contribution is 2.31. The van der Waals surface area contributed by atoms with Crippen molar-refractivity contribution in [1.82, 2.24) is 8.87 Å². The van der Waals surface area contributed by atoms with Crippen LogP contribution >= 0.6 is 11.6 Å². The van der Waals surface area contributed by atoms with Gasteiger partial charge in [0.05, 0.1) is 11.4 Å². The second-order valence-corrected chi connectivity index (χ2v) is 10.6. The van der Waals surface area contributed by atoms with Gasteiger partial charge in [0.2, 0.25) is 15.9 Å². The molecule has 0 aliphatic carbocycles. The van der Waals surface area contributed by atoms with Crippen LogP contribution in [0.2, 0.25) is 5.02 Å². The van der Waals surface area contributed by atoms with Crippen LogP contribution in [0.15, 0.2) is 71.6 Å². The zero-order valence-electron chi connectivity index (χ0n) is 19.3. The lowest BCUT2D eigenvalue weighted by molar-refractivity contribution is -0.116. The Bertz CT molecular complexity index is 1430. The molecule has 1 aromatic heterocycles. The number of para-hydroxylation sites is 1. The molecular formula is C26H28ClN3O3S. The van der Waals surface area contributed by atoms with E-state index in [1.165, 1.54) is 28.6 Å². The number of anilines is 1. The number of aromatic nitrogens is 1. The van der Waals surface area contributed by atoms with Gasteiger partial charge in [0.25, 0.3) is 0 Å². The molecule has 34 heavy (non-hydrogen) atoms. The first-order valence-corrected chi connectivity index (χ1v) is 13.2. The lowest BCUT2D eigenvalue weighted by atomic mass is 10.1. The van der Waals surface area contributed by atoms with Gasteiger partial charge in [-0.15, -0.1) is 0 Å². The summed E-state index contributed by atoms with van der Waals surface area (Å²) in [5, 5.41) is 5.51. The van der Waals surface area contributed by atoms with Crippen molar-refractivity contribution < 1.29 is 13.2 Å². The van der Waals surface area contributed by atoms with Gasteiger partial charge in [-0.3, -0.25) is 4.79 Å². The van der Waals surface area contributed by atoms with E-state index in [-0.39, 0.29) is 23.9 Å². The van der Waals surface area contributed by atoms with Gasteiger partial charge in [0.15, 0.2) is 0 Å². The number of halogens is 1. The molecule has 1 heterocycles. The van der Waals surface area contributed by atoms with Gasteiger partial charge in [0.1, 0.15) is 0 Å². The number of carbonyl (C=O) groups excluding carboxylic acids is 1. The minimum Gasteiger partial charge on any atom is -0.341 e. The van der Waals surface area contributed by atoms with Crippen LogP contribution in [-0.4, -0.2) is 36.3 Å². The van der Waals surface area contributed by atoms with Crippen molar-refractivity contribution in [2.45, 2.75) is 38.1 Å². The molecule has 1 amide bonds. The van der Waals surface area contributed by atoms with E-state index in [1.807, 2.05) is 37.3 Å². The number of carbonyl (C=O) groups is 1. The normalized spacial score (nSPS) is 12.0. The van der Waals surface area contributed by atoms with E-state index in [0.717, 1.165) is 34.8 Å². The fourth-order valence-electron chi connectivity index (χ4n) is 4.21. The molecule has 0 fully saturated rings. The maximum atomic E-state index is 13.2. The smallest absolute Gasteiger partial charge is 0.243 e. The van der Waals surface area contributed by atoms with E-state index in [2.05, 4.69) is 28.9 Å². The average molecular weight is 498 g/mol. The van der Waals surface area contributed by atoms with Crippen LogP contribution < -0.4 is 5.32 Å². The van der Waals surface area contributed by atoms with Crippen molar-refractivity contribution in [3.8, 4) is 0 Å². The SMILES string of the molecule is CCCCN(CC(=O)Nc1ccc2c(c1)c1ccccc1n2CC)S(=O)(=O)c1ccc(Cl)cc1. The van der Waals surface area contributed by atoms with Gasteiger partial charge in [-0.25, -0.2) is 8.42 Å². The molecule has 4 rings (SSSR count). The Morgan fingerprint density at radius 3 is 2.38 bits per heavy atom. The summed E-state index contributed by atoms with van der Waals surface area (Å²) in [5.41, 5.74) is 2.87. The van der Waals surface area contributed by atoms with E-state index in [4.69, 9.17) is 11.6 Å². The molecule has 8 heteroatoms. The number of unbranched alkanes of at least 4 members (excludes halogenated alkanes) is 1. The molecule has 4 aromatic rings. The van der Waals surface area contributed by atoms with Gasteiger partial charge >= 0.3 is 0 Å². The summed E-state index contributed by atoms with van der Waals surface area (Å²) in [7, 11) is -3.83. The van der Waals surface area contributed by atoms with Crippen LogP contribution in [0.5, 0.6) is 0 Å². The topological polar surface area (TPSA) is 71.4 Å². The number of amides is 1. The number of sulfonamides is 1. The van der Waals surface area contributed by atoms with Crippen LogP contribution in [0.1, 0.15) is 26.7 Å². The highest BCUT2D eigenvalue weighted by molar-refractivity contribution is 7.89. The Morgan fingerprint density at radius 1 is 0.971 bits per heavy atom. The predicted octanol–water partition coefficient (Wildman–Crippen LogP) is 5.90. The Morgan fingerprint density at radius 2 is 1.68 bits per heavy atom. The van der Waals surface area contributed by atoms with Crippen molar-refractivity contribution in [2.24, 2.45) is 0 Å². The number of nitrogens with zero attached hydrogens (tertiary/aromatic N) is 2. The van der Waals surface area contributed by atoms with Gasteiger partial charge < -0.3 is 9.88 Å². The second-order valence-electron chi connectivity index (χ2n) is 8.19. The monoisotopic (exact) mass is 497 g/mol. The van der Waals surface area contributed by atoms with Crippen molar-refractivity contribution >= 4 is 55.0 Å². The molecule has 0 unspecified atom stereocenters. The third-order valence-corrected chi connectivity index (χ3v) is 8.02. The number of nitrogens with one attached hydrogen (secondary N) is 1. The fraction of sp³-hybridized carbons (Fsp3) is 0.269. The van der Waals surface area contributed by atoms with Crippen molar-refractivity contribution in [3.05, 3.63) is 71.8 Å². The molecule has 3 aromatic carbocycles. The van der Waals surface area contributed by atoms with Gasteiger partial charge in [-0.2, -0.15) is 4.31 Å². The first-order valence-electron chi connectivity index (χ1n) is 11.4. The summed E-state index contributed by atoms with van der Waals surface area (Å²) in [6, 6.07) is 20.0. The average Bonchev–Trinajstić information content (AvgIpc) is 3.15. The molecule has 6 nitrogen and oxygen atoms in total. The van der Waals surface area contributed by atoms with E-state index in [1.54, 1.807) is 0 Å². The molecular weight excluding hydrogens is 470 g/mol. The summed E-state index contributed by atoms with van der Waals surface area (Å²) >= 11 is 5.91. The summed E-state index contributed by atoms with van der Waals surface area (Å²) in [6.45, 7) is 4.92. The van der Waals surface area contributed by atoms with Crippen molar-refractivity contribution in [1.29, 1.82) is 0 Å². The summed E-state index contributed by atoms with van der Waals surface area (Å²) in [6.07, 6.45) is 1.47. The quantitative estimate of drug-likeness (QED) is 0.313. The first kappa shape index (κ1) is 24.3. The molecule has 0 aliphatic heterocycles. The van der Waals surface area contributed by atoms with Gasteiger partial charge in [-0.05, 0) is 61.9 Å². The van der Waals surface area contributed by atoms with E-state index >= 15 is 0 Å². The minimum atomic E-state index is -3.83. The fourth-order valence-corrected chi connectivity index (χ4v) is 5.77. The zero-order valence-corrected chi connectivity index (χ0v) is 20.9. The van der Waals surface area contributed by atoms with E-state index < -0.39 is 10.0 Å². The van der Waals surface area contributed by atoms with Crippen molar-refractivity contribution in [2.75, 3.05) is 18.4 Å². The van der Waals surface area contributed by atoms with Gasteiger partial charge in [-0.1, -0.05) is 43.1 Å². The highest BCUT2D eigenvalue weighted by atomic mass is 35.5. The van der Waals surface area contributed by atoms with Crippen LogP contribution in [0.25, 0.3) is 21.8 Å². The zero-order chi connectivity index (χ0) is 24.3. The number of hydrogen-bond acceptors (Lipinski definition) is 3. The molecule has 0 saturated carbocycles. The molecule has 0 aliphatic rings. The Labute approximate surface area is 205 Å². The molecule has 0 saturated heterocycles. The Kier molecular flexibility index (Phi) is 7.26. The number of fused-ring (bicyclic) bond motifs is 3. The Hall–Kier alpha value is -2.87. The summed E-state index contributed by atoms with van der Waals surface area (Å²) < 4.78 is 29.9. The highest BCUT2D eigenvalue weighted by Gasteiger charge is 2.26. The van der Waals surface area contributed by atoms with Gasteiger partial charge in [0, 0.05) is 45.6 Å². The predicted molar refractivity (Wildman–Crippen MR) is 139 cm³/mol. The standard InChI is InChI=1S/C26H28ClN3O3S/c1-3-5-16-29(34(32,33)21-13-10-19(27)11-14-21)18-26(31)28-20-12-15-25-23(17-20)22-8-6-7-9-24(22)30(25)4-2/h6-15,17H,3-5,16,18H2,1-2H3,(H,28,31). The van der Waals surface area contributed by atoms with Crippen LogP contribution in [0.4, 0.5) is 5.69 Å². The molecule has 0 bridgehead atoms. The van der Waals surface area contributed by atoms with Crippen LogP contribution in [-0.2, 0) is 21.4 Å². The maximum absolute atomic E-state index is 13.2. The lowest BCUT2D eigenvalue weighted by Gasteiger charge is -2.21. The second kappa shape index (κ2) is 10.2. The van der Waals surface area contributed by atoms with E-state index in [0.29, 0.717) is 17.1 Å². The molecule has 0 radical (unpaired) electrons. The lowest BCUT2D eigenvalue weighted by Crippen LogP contribution is -2.38. The number of aryl methyl sites for hydroxylation is 1. The molecule has 178 valence electrons. The number of rotatable bonds is 9. The Balaban J connectivity index is 1.59. The largest absolute Gasteiger partial charge is 0.341 e. The summed E-state index contributed by atoms with van der Waals surface area (Å²) in [5.74, 6) is -0.382. The third-order valence-electron chi connectivity index (χ3n) is 5.90. The minimum absolute atomic E-state index is 0.120. The maximum Gasteiger partial charge on any atom is 0.243 e. The van der Waals surface area contributed by atoms with Crippen molar-refractivity contribution in [3.63, 3.8) is 0 Å².